The lowest BCUT2D eigenvalue weighted by Gasteiger charge is -2.08. The summed E-state index contributed by atoms with van der Waals surface area (Å²) in [7, 11) is 0. The highest BCUT2D eigenvalue weighted by Crippen LogP contribution is 2.28. The lowest BCUT2D eigenvalue weighted by Crippen LogP contribution is -2.19. The predicted molar refractivity (Wildman–Crippen MR) is 97.7 cm³/mol. The van der Waals surface area contributed by atoms with Crippen LogP contribution < -0.4 is 16.0 Å². The first-order valence-electron chi connectivity index (χ1n) is 7.32. The van der Waals surface area contributed by atoms with Gasteiger partial charge in [0.05, 0.1) is 10.2 Å². The summed E-state index contributed by atoms with van der Waals surface area (Å²) < 4.78 is 0.882. The van der Waals surface area contributed by atoms with E-state index >= 15 is 0 Å². The number of anilines is 3. The van der Waals surface area contributed by atoms with Gasteiger partial charge in [0.25, 0.3) is 0 Å². The fourth-order valence-electron chi connectivity index (χ4n) is 2.22. The lowest BCUT2D eigenvalue weighted by atomic mass is 10.2. The number of aryl methyl sites for hydroxylation is 1. The molecule has 3 aromatic rings. The van der Waals surface area contributed by atoms with E-state index in [1.54, 1.807) is 12.1 Å². The number of aromatic nitrogens is 1. The molecule has 3 rings (SSSR count). The number of urea groups is 1. The number of rotatable bonds is 3. The molecule has 0 fully saturated rings. The van der Waals surface area contributed by atoms with Crippen LogP contribution >= 0.6 is 11.3 Å². The summed E-state index contributed by atoms with van der Waals surface area (Å²) in [6, 6.07) is 12.7. The minimum Gasteiger partial charge on any atom is -0.308 e. The quantitative estimate of drug-likeness (QED) is 0.668. The van der Waals surface area contributed by atoms with Gasteiger partial charge in [-0.25, -0.2) is 9.78 Å². The van der Waals surface area contributed by atoms with E-state index in [4.69, 9.17) is 0 Å². The van der Waals surface area contributed by atoms with Crippen molar-refractivity contribution in [1.29, 1.82) is 0 Å². The number of nitrogens with one attached hydrogen (secondary N) is 3. The molecule has 1 aromatic heterocycles. The van der Waals surface area contributed by atoms with Gasteiger partial charge in [-0.3, -0.25) is 4.79 Å². The van der Waals surface area contributed by atoms with E-state index in [1.807, 2.05) is 37.3 Å². The van der Waals surface area contributed by atoms with Crippen LogP contribution in [0.25, 0.3) is 10.2 Å². The molecule has 2 aromatic carbocycles. The van der Waals surface area contributed by atoms with Crippen LogP contribution in [-0.2, 0) is 4.79 Å². The fourth-order valence-corrected chi connectivity index (χ4v) is 3.17. The van der Waals surface area contributed by atoms with E-state index < -0.39 is 0 Å². The molecule has 0 saturated carbocycles. The zero-order chi connectivity index (χ0) is 17.1. The maximum absolute atomic E-state index is 12.1. The van der Waals surface area contributed by atoms with Crippen LogP contribution in [0.3, 0.4) is 0 Å². The largest absolute Gasteiger partial charge is 0.323 e. The van der Waals surface area contributed by atoms with Gasteiger partial charge in [0.15, 0.2) is 5.13 Å². The zero-order valence-corrected chi connectivity index (χ0v) is 14.0. The number of thiazole rings is 1. The molecule has 7 heteroatoms. The normalized spacial score (nSPS) is 10.4. The molecule has 3 amide bonds. The average Bonchev–Trinajstić information content (AvgIpc) is 2.87. The summed E-state index contributed by atoms with van der Waals surface area (Å²) in [4.78, 5) is 27.5. The molecule has 24 heavy (non-hydrogen) atoms. The third kappa shape index (κ3) is 3.88. The Bertz CT molecular complexity index is 920. The summed E-state index contributed by atoms with van der Waals surface area (Å²) >= 11 is 1.36. The third-order valence-corrected chi connectivity index (χ3v) is 4.14. The highest BCUT2D eigenvalue weighted by Gasteiger charge is 2.08. The van der Waals surface area contributed by atoms with Crippen molar-refractivity contribution in [2.24, 2.45) is 0 Å². The monoisotopic (exact) mass is 340 g/mol. The van der Waals surface area contributed by atoms with E-state index in [0.717, 1.165) is 21.5 Å². The minimum absolute atomic E-state index is 0.162. The Morgan fingerprint density at radius 1 is 1.00 bits per heavy atom. The lowest BCUT2D eigenvalue weighted by molar-refractivity contribution is -0.114. The smallest absolute Gasteiger partial charge is 0.308 e. The van der Waals surface area contributed by atoms with Crippen molar-refractivity contribution in [2.45, 2.75) is 13.8 Å². The highest BCUT2D eigenvalue weighted by atomic mass is 32.1. The summed E-state index contributed by atoms with van der Waals surface area (Å²) in [5.41, 5.74) is 3.24. The van der Waals surface area contributed by atoms with Crippen LogP contribution in [0.15, 0.2) is 42.5 Å². The maximum atomic E-state index is 12.1. The van der Waals surface area contributed by atoms with E-state index in [-0.39, 0.29) is 11.9 Å². The first kappa shape index (κ1) is 15.9. The Kier molecular flexibility index (Phi) is 4.43. The number of carbonyl (C=O) groups excluding carboxylic acids is 2. The number of hydrogen-bond acceptors (Lipinski definition) is 4. The minimum atomic E-state index is -0.313. The van der Waals surface area contributed by atoms with E-state index in [2.05, 4.69) is 20.9 Å². The van der Waals surface area contributed by atoms with Gasteiger partial charge in [0.1, 0.15) is 0 Å². The molecule has 0 aliphatic carbocycles. The second-order valence-electron chi connectivity index (χ2n) is 5.33. The van der Waals surface area contributed by atoms with Gasteiger partial charge >= 0.3 is 6.03 Å². The Morgan fingerprint density at radius 3 is 2.46 bits per heavy atom. The Morgan fingerprint density at radius 2 is 1.75 bits per heavy atom. The van der Waals surface area contributed by atoms with Crippen LogP contribution in [-0.4, -0.2) is 16.9 Å². The van der Waals surface area contributed by atoms with Crippen LogP contribution in [0.2, 0.25) is 0 Å². The van der Waals surface area contributed by atoms with Crippen molar-refractivity contribution < 1.29 is 9.59 Å². The number of fused-ring (bicyclic) bond motifs is 1. The summed E-state index contributed by atoms with van der Waals surface area (Å²) in [6.45, 7) is 3.40. The summed E-state index contributed by atoms with van der Waals surface area (Å²) in [6.07, 6.45) is 0. The topological polar surface area (TPSA) is 83.1 Å². The van der Waals surface area contributed by atoms with Crippen molar-refractivity contribution >= 4 is 50.0 Å². The second kappa shape index (κ2) is 6.67. The van der Waals surface area contributed by atoms with Crippen LogP contribution in [0, 0.1) is 6.92 Å². The first-order chi connectivity index (χ1) is 11.5. The molecular weight excluding hydrogens is 324 g/mol. The van der Waals surface area contributed by atoms with Gasteiger partial charge in [-0.05, 0) is 42.8 Å². The number of carbonyl (C=O) groups is 2. The molecule has 0 aliphatic rings. The molecule has 122 valence electrons. The van der Waals surface area contributed by atoms with Crippen molar-refractivity contribution in [3.63, 3.8) is 0 Å². The molecule has 0 spiro atoms. The number of amides is 3. The SMILES string of the molecule is CC(=O)Nc1nc2ccc(NC(=O)Nc3cccc(C)c3)cc2s1. The highest BCUT2D eigenvalue weighted by molar-refractivity contribution is 7.22. The number of hydrogen-bond donors (Lipinski definition) is 3. The first-order valence-corrected chi connectivity index (χ1v) is 8.14. The van der Waals surface area contributed by atoms with E-state index in [0.29, 0.717) is 10.8 Å². The molecule has 6 nitrogen and oxygen atoms in total. The standard InChI is InChI=1S/C17H16N4O2S/c1-10-4-3-5-12(8-10)19-16(23)20-13-6-7-14-15(9-13)24-17(21-14)18-11(2)22/h3-9H,1-2H3,(H,18,21,22)(H2,19,20,23). The molecule has 0 unspecified atom stereocenters. The predicted octanol–water partition coefficient (Wildman–Crippen LogP) is 4.21. The molecule has 1 heterocycles. The zero-order valence-electron chi connectivity index (χ0n) is 13.2. The average molecular weight is 340 g/mol. The Labute approximate surface area is 142 Å². The van der Waals surface area contributed by atoms with Gasteiger partial charge in [0, 0.05) is 18.3 Å². The van der Waals surface area contributed by atoms with Crippen molar-refractivity contribution in [2.75, 3.05) is 16.0 Å². The summed E-state index contributed by atoms with van der Waals surface area (Å²) in [5.74, 6) is -0.162. The Balaban J connectivity index is 1.72. The Hall–Kier alpha value is -2.93. The second-order valence-corrected chi connectivity index (χ2v) is 6.36. The van der Waals surface area contributed by atoms with Gasteiger partial charge < -0.3 is 16.0 Å². The van der Waals surface area contributed by atoms with Gasteiger partial charge in [-0.15, -0.1) is 0 Å². The molecule has 0 bridgehead atoms. The molecule has 0 aliphatic heterocycles. The van der Waals surface area contributed by atoms with Crippen molar-refractivity contribution in [3.8, 4) is 0 Å². The third-order valence-electron chi connectivity index (χ3n) is 3.21. The van der Waals surface area contributed by atoms with Crippen molar-refractivity contribution in [1.82, 2.24) is 4.98 Å². The van der Waals surface area contributed by atoms with Crippen LogP contribution in [0.5, 0.6) is 0 Å². The molecule has 3 N–H and O–H groups in total. The van der Waals surface area contributed by atoms with Gasteiger partial charge in [-0.1, -0.05) is 23.5 Å². The van der Waals surface area contributed by atoms with Gasteiger partial charge in [-0.2, -0.15) is 0 Å². The molecule has 0 saturated heterocycles. The van der Waals surface area contributed by atoms with Crippen molar-refractivity contribution in [3.05, 3.63) is 48.0 Å². The van der Waals surface area contributed by atoms with Crippen LogP contribution in [0.1, 0.15) is 12.5 Å². The molecule has 0 radical (unpaired) electrons. The molecule has 0 atom stereocenters. The number of benzene rings is 2. The summed E-state index contributed by atoms with van der Waals surface area (Å²) in [5, 5.41) is 8.79. The van der Waals surface area contributed by atoms with Gasteiger partial charge in [0.2, 0.25) is 5.91 Å². The molecular formula is C17H16N4O2S. The van der Waals surface area contributed by atoms with Crippen LogP contribution in [0.4, 0.5) is 21.3 Å². The maximum Gasteiger partial charge on any atom is 0.323 e. The van der Waals surface area contributed by atoms with E-state index in [9.17, 15) is 9.59 Å². The van der Waals surface area contributed by atoms with E-state index in [1.165, 1.54) is 18.3 Å². The fraction of sp³-hybridized carbons (Fsp3) is 0.118. The number of nitrogens with zero attached hydrogens (tertiary/aromatic N) is 1.